The van der Waals surface area contributed by atoms with Crippen LogP contribution in [0, 0.1) is 5.92 Å². The third kappa shape index (κ3) is 10.4. The smallest absolute Gasteiger partial charge is 0.326 e. The van der Waals surface area contributed by atoms with Gasteiger partial charge in [0.15, 0.2) is 0 Å². The van der Waals surface area contributed by atoms with E-state index in [0.717, 1.165) is 36.1 Å². The standard InChI is InChI=1S/C31H45N3O5/c1-5-12-26(19-18-22(2)39-28-17-10-9-15-25(28)16-11-20-32)30(36)34(4)23(3)29(35)33-27(31(37)38)21-24-13-7-6-8-14-24/h6-10,13-15,17,22-23,26-27H,5,11-12,16,18-21,32H2,1-4H3,(H,33,35)(H,37,38)/t22-,23-,26-,27-/m1/s1. The maximum Gasteiger partial charge on any atom is 0.326 e. The van der Waals surface area contributed by atoms with Crippen molar-refractivity contribution in [1.82, 2.24) is 10.2 Å². The molecular weight excluding hydrogens is 494 g/mol. The van der Waals surface area contributed by atoms with Gasteiger partial charge in [-0.25, -0.2) is 4.79 Å². The molecule has 0 aliphatic carbocycles. The summed E-state index contributed by atoms with van der Waals surface area (Å²) in [7, 11) is 1.61. The second-order valence-electron chi connectivity index (χ2n) is 10.2. The van der Waals surface area contributed by atoms with Gasteiger partial charge < -0.3 is 25.8 Å². The average Bonchev–Trinajstić information content (AvgIpc) is 2.93. The Labute approximate surface area is 232 Å². The molecule has 0 aliphatic heterocycles. The highest BCUT2D eigenvalue weighted by atomic mass is 16.5. The number of aryl methyl sites for hydroxylation is 1. The lowest BCUT2D eigenvalue weighted by molar-refractivity contribution is -0.145. The largest absolute Gasteiger partial charge is 0.490 e. The number of hydrogen-bond acceptors (Lipinski definition) is 5. The van der Waals surface area contributed by atoms with Crippen LogP contribution in [0.5, 0.6) is 5.75 Å². The number of ether oxygens (including phenoxy) is 1. The number of carboxylic acids is 1. The van der Waals surface area contributed by atoms with Gasteiger partial charge in [0.25, 0.3) is 0 Å². The highest BCUT2D eigenvalue weighted by Gasteiger charge is 2.30. The summed E-state index contributed by atoms with van der Waals surface area (Å²) in [6.07, 6.45) is 4.67. The predicted molar refractivity (Wildman–Crippen MR) is 153 cm³/mol. The molecule has 0 heterocycles. The molecule has 2 rings (SSSR count). The number of hydrogen-bond donors (Lipinski definition) is 3. The lowest BCUT2D eigenvalue weighted by Crippen LogP contribution is -2.52. The van der Waals surface area contributed by atoms with Gasteiger partial charge in [0.1, 0.15) is 17.8 Å². The van der Waals surface area contributed by atoms with Crippen molar-refractivity contribution in [2.24, 2.45) is 11.7 Å². The van der Waals surface area contributed by atoms with Crippen molar-refractivity contribution >= 4 is 17.8 Å². The van der Waals surface area contributed by atoms with Crippen LogP contribution in [-0.4, -0.2) is 59.6 Å². The van der Waals surface area contributed by atoms with Gasteiger partial charge in [-0.2, -0.15) is 0 Å². The van der Waals surface area contributed by atoms with Crippen molar-refractivity contribution in [2.45, 2.75) is 83.9 Å². The van der Waals surface area contributed by atoms with Crippen molar-refractivity contribution in [3.63, 3.8) is 0 Å². The molecule has 0 saturated heterocycles. The number of para-hydroxylation sites is 1. The van der Waals surface area contributed by atoms with Crippen LogP contribution in [0.3, 0.4) is 0 Å². The topological polar surface area (TPSA) is 122 Å². The van der Waals surface area contributed by atoms with E-state index in [-0.39, 0.29) is 24.3 Å². The second kappa shape index (κ2) is 16.5. The van der Waals surface area contributed by atoms with E-state index in [2.05, 4.69) is 11.4 Å². The number of nitrogens with zero attached hydrogens (tertiary/aromatic N) is 1. The molecule has 4 atom stereocenters. The summed E-state index contributed by atoms with van der Waals surface area (Å²) in [6, 6.07) is 15.2. The number of carboxylic acid groups (broad SMARTS) is 1. The zero-order valence-corrected chi connectivity index (χ0v) is 23.8. The SMILES string of the molecule is CCC[C@H](CC[C@@H](C)Oc1ccccc1CCCN)C(=O)N(C)[C@H](C)C(=O)N[C@H](Cc1ccccc1)C(=O)O. The molecule has 4 N–H and O–H groups in total. The van der Waals surface area contributed by atoms with Crippen molar-refractivity contribution in [2.75, 3.05) is 13.6 Å². The molecule has 2 aromatic rings. The maximum absolute atomic E-state index is 13.4. The fourth-order valence-electron chi connectivity index (χ4n) is 4.57. The number of nitrogens with two attached hydrogens (primary N) is 1. The van der Waals surface area contributed by atoms with Crippen LogP contribution >= 0.6 is 0 Å². The van der Waals surface area contributed by atoms with Gasteiger partial charge in [0.2, 0.25) is 11.8 Å². The zero-order chi connectivity index (χ0) is 28.8. The van der Waals surface area contributed by atoms with Crippen LogP contribution in [0.15, 0.2) is 54.6 Å². The molecule has 0 radical (unpaired) electrons. The van der Waals surface area contributed by atoms with Crippen LogP contribution in [0.4, 0.5) is 0 Å². The van der Waals surface area contributed by atoms with Gasteiger partial charge in [-0.05, 0) is 69.7 Å². The highest BCUT2D eigenvalue weighted by molar-refractivity contribution is 5.90. The molecule has 0 aliphatic rings. The first-order chi connectivity index (χ1) is 18.7. The molecule has 8 nitrogen and oxygen atoms in total. The number of likely N-dealkylation sites (N-methyl/N-ethyl adjacent to an activating group) is 1. The number of rotatable bonds is 17. The minimum absolute atomic E-state index is 0.0866. The maximum atomic E-state index is 13.4. The number of nitrogens with one attached hydrogen (secondary N) is 1. The number of benzene rings is 2. The Balaban J connectivity index is 1.97. The van der Waals surface area contributed by atoms with Crippen LogP contribution in [0.25, 0.3) is 0 Å². The summed E-state index contributed by atoms with van der Waals surface area (Å²) in [6.45, 7) is 6.29. The molecule has 0 fully saturated rings. The lowest BCUT2D eigenvalue weighted by Gasteiger charge is -2.29. The Morgan fingerprint density at radius 3 is 2.31 bits per heavy atom. The minimum Gasteiger partial charge on any atom is -0.490 e. The Morgan fingerprint density at radius 2 is 1.67 bits per heavy atom. The molecule has 0 spiro atoms. The summed E-state index contributed by atoms with van der Waals surface area (Å²) < 4.78 is 6.23. The first-order valence-electron chi connectivity index (χ1n) is 14.0. The van der Waals surface area contributed by atoms with Crippen molar-refractivity contribution in [3.05, 3.63) is 65.7 Å². The molecule has 0 unspecified atom stereocenters. The fourth-order valence-corrected chi connectivity index (χ4v) is 4.57. The Kier molecular flexibility index (Phi) is 13.5. The van der Waals surface area contributed by atoms with E-state index >= 15 is 0 Å². The average molecular weight is 540 g/mol. The monoisotopic (exact) mass is 539 g/mol. The van der Waals surface area contributed by atoms with Gasteiger partial charge in [0.05, 0.1) is 6.10 Å². The summed E-state index contributed by atoms with van der Waals surface area (Å²) in [5.74, 6) is -1.13. The van der Waals surface area contributed by atoms with E-state index in [9.17, 15) is 19.5 Å². The zero-order valence-electron chi connectivity index (χ0n) is 23.8. The second-order valence-corrected chi connectivity index (χ2v) is 10.2. The summed E-state index contributed by atoms with van der Waals surface area (Å²) in [5.41, 5.74) is 7.61. The Morgan fingerprint density at radius 1 is 1.00 bits per heavy atom. The minimum atomic E-state index is -1.11. The van der Waals surface area contributed by atoms with E-state index in [1.54, 1.807) is 14.0 Å². The van der Waals surface area contributed by atoms with Crippen LogP contribution < -0.4 is 15.8 Å². The lowest BCUT2D eigenvalue weighted by atomic mass is 9.94. The van der Waals surface area contributed by atoms with Gasteiger partial charge in [-0.1, -0.05) is 61.9 Å². The summed E-state index contributed by atoms with van der Waals surface area (Å²) >= 11 is 0. The van der Waals surface area contributed by atoms with E-state index in [1.165, 1.54) is 4.90 Å². The Hall–Kier alpha value is -3.39. The molecule has 39 heavy (non-hydrogen) atoms. The van der Waals surface area contributed by atoms with Crippen LogP contribution in [-0.2, 0) is 27.2 Å². The summed E-state index contributed by atoms with van der Waals surface area (Å²) in [4.78, 5) is 39.6. The quantitative estimate of drug-likeness (QED) is 0.277. The molecule has 8 heteroatoms. The van der Waals surface area contributed by atoms with E-state index in [1.807, 2.05) is 62.4 Å². The molecule has 0 bridgehead atoms. The van der Waals surface area contributed by atoms with E-state index < -0.39 is 24.0 Å². The number of carbonyl (C=O) groups is 3. The van der Waals surface area contributed by atoms with Crippen molar-refractivity contribution < 1.29 is 24.2 Å². The van der Waals surface area contributed by atoms with Gasteiger partial charge in [-0.15, -0.1) is 0 Å². The fraction of sp³-hybridized carbons (Fsp3) is 0.516. The molecule has 214 valence electrons. The highest BCUT2D eigenvalue weighted by Crippen LogP contribution is 2.24. The van der Waals surface area contributed by atoms with E-state index in [0.29, 0.717) is 25.8 Å². The van der Waals surface area contributed by atoms with Crippen molar-refractivity contribution in [1.29, 1.82) is 0 Å². The van der Waals surface area contributed by atoms with Crippen molar-refractivity contribution in [3.8, 4) is 5.75 Å². The molecule has 2 amide bonds. The first-order valence-corrected chi connectivity index (χ1v) is 14.0. The number of carbonyl (C=O) groups excluding carboxylic acids is 2. The number of amides is 2. The Bertz CT molecular complexity index is 1050. The van der Waals surface area contributed by atoms with E-state index in [4.69, 9.17) is 10.5 Å². The van der Waals surface area contributed by atoms with Gasteiger partial charge >= 0.3 is 5.97 Å². The molecule has 2 aromatic carbocycles. The third-order valence-electron chi connectivity index (χ3n) is 7.06. The van der Waals surface area contributed by atoms with Crippen LogP contribution in [0.1, 0.15) is 64.0 Å². The third-order valence-corrected chi connectivity index (χ3v) is 7.06. The van der Waals surface area contributed by atoms with Gasteiger partial charge in [0, 0.05) is 19.4 Å². The molecule has 0 aromatic heterocycles. The molecule has 0 saturated carbocycles. The molecular formula is C31H45N3O5. The normalized spacial score (nSPS) is 14.1. The summed E-state index contributed by atoms with van der Waals surface area (Å²) in [5, 5.41) is 12.3. The van der Waals surface area contributed by atoms with Gasteiger partial charge in [-0.3, -0.25) is 9.59 Å². The number of aliphatic carboxylic acids is 1. The predicted octanol–water partition coefficient (Wildman–Crippen LogP) is 4.20. The van der Waals surface area contributed by atoms with Crippen LogP contribution in [0.2, 0.25) is 0 Å². The first kappa shape index (κ1) is 31.8.